The predicted molar refractivity (Wildman–Crippen MR) is 56.2 cm³/mol. The number of hydrogen-bond donors (Lipinski definition) is 1. The van der Waals surface area contributed by atoms with Gasteiger partial charge < -0.3 is 5.11 Å². The summed E-state index contributed by atoms with van der Waals surface area (Å²) in [6.07, 6.45) is 0. The third kappa shape index (κ3) is 1.91. The second-order valence-electron chi connectivity index (χ2n) is 1.82. The summed E-state index contributed by atoms with van der Waals surface area (Å²) in [6.45, 7) is 0. The van der Waals surface area contributed by atoms with Crippen LogP contribution in [0.5, 0.6) is 5.75 Å². The van der Waals surface area contributed by atoms with Crippen molar-refractivity contribution in [1.82, 2.24) is 0 Å². The SMILES string of the molecule is Oc1cc(Cl)c(Br)c(Br)c1Br. The smallest absolute Gasteiger partial charge is 0.132 e. The van der Waals surface area contributed by atoms with E-state index in [2.05, 4.69) is 47.8 Å². The van der Waals surface area contributed by atoms with E-state index in [1.165, 1.54) is 6.07 Å². The molecule has 1 rings (SSSR count). The maximum Gasteiger partial charge on any atom is 0.132 e. The number of benzene rings is 1. The number of phenolic OH excluding ortho intramolecular Hbond substituents is 1. The van der Waals surface area contributed by atoms with Crippen LogP contribution in [0.1, 0.15) is 0 Å². The molecule has 0 aliphatic heterocycles. The zero-order chi connectivity index (χ0) is 8.59. The van der Waals surface area contributed by atoms with E-state index in [4.69, 9.17) is 11.6 Å². The quantitative estimate of drug-likeness (QED) is 0.536. The van der Waals surface area contributed by atoms with E-state index >= 15 is 0 Å². The van der Waals surface area contributed by atoms with Gasteiger partial charge >= 0.3 is 0 Å². The van der Waals surface area contributed by atoms with Gasteiger partial charge in [0.25, 0.3) is 0 Å². The molecule has 11 heavy (non-hydrogen) atoms. The molecule has 0 unspecified atom stereocenters. The van der Waals surface area contributed by atoms with Gasteiger partial charge in [0.05, 0.1) is 18.4 Å². The van der Waals surface area contributed by atoms with Crippen LogP contribution in [0.2, 0.25) is 5.02 Å². The van der Waals surface area contributed by atoms with Crippen molar-refractivity contribution >= 4 is 59.4 Å². The van der Waals surface area contributed by atoms with E-state index in [9.17, 15) is 5.11 Å². The van der Waals surface area contributed by atoms with Gasteiger partial charge in [0, 0.05) is 6.07 Å². The van der Waals surface area contributed by atoms with Crippen molar-refractivity contribution in [2.45, 2.75) is 0 Å². The van der Waals surface area contributed by atoms with E-state index in [1.807, 2.05) is 0 Å². The number of halogens is 4. The molecule has 0 aromatic heterocycles. The van der Waals surface area contributed by atoms with Crippen molar-refractivity contribution in [2.75, 3.05) is 0 Å². The molecule has 1 aromatic rings. The van der Waals surface area contributed by atoms with E-state index in [1.54, 1.807) is 0 Å². The van der Waals surface area contributed by atoms with Crippen LogP contribution in [0.3, 0.4) is 0 Å². The molecule has 0 atom stereocenters. The molecular formula is C6H2Br3ClO. The average molecular weight is 365 g/mol. The molecule has 1 N–H and O–H groups in total. The third-order valence-electron chi connectivity index (χ3n) is 1.08. The zero-order valence-corrected chi connectivity index (χ0v) is 10.6. The van der Waals surface area contributed by atoms with Gasteiger partial charge in [-0.1, -0.05) is 11.6 Å². The summed E-state index contributed by atoms with van der Waals surface area (Å²) in [7, 11) is 0. The van der Waals surface area contributed by atoms with Crippen molar-refractivity contribution in [3.63, 3.8) is 0 Å². The molecule has 0 saturated heterocycles. The summed E-state index contributed by atoms with van der Waals surface area (Å²) in [5.74, 6) is 0.116. The number of aromatic hydroxyl groups is 1. The van der Waals surface area contributed by atoms with Crippen LogP contribution in [0.15, 0.2) is 19.5 Å². The first-order valence-electron chi connectivity index (χ1n) is 2.56. The first-order valence-corrected chi connectivity index (χ1v) is 5.31. The normalized spacial score (nSPS) is 10.2. The Kier molecular flexibility index (Phi) is 3.26. The van der Waals surface area contributed by atoms with Gasteiger partial charge in [-0.2, -0.15) is 0 Å². The molecule has 0 bridgehead atoms. The highest BCUT2D eigenvalue weighted by Gasteiger charge is 2.10. The Morgan fingerprint density at radius 2 is 1.64 bits per heavy atom. The van der Waals surface area contributed by atoms with Crippen molar-refractivity contribution < 1.29 is 5.11 Å². The fraction of sp³-hybridized carbons (Fsp3) is 0. The van der Waals surface area contributed by atoms with Gasteiger partial charge in [0.15, 0.2) is 0 Å². The van der Waals surface area contributed by atoms with Crippen LogP contribution >= 0.6 is 59.4 Å². The fourth-order valence-electron chi connectivity index (χ4n) is 0.560. The molecule has 5 heteroatoms. The van der Waals surface area contributed by atoms with Gasteiger partial charge in [-0.15, -0.1) is 0 Å². The van der Waals surface area contributed by atoms with E-state index < -0.39 is 0 Å². The van der Waals surface area contributed by atoms with E-state index in [0.29, 0.717) is 14.0 Å². The van der Waals surface area contributed by atoms with Gasteiger partial charge in [-0.3, -0.25) is 0 Å². The van der Waals surface area contributed by atoms with Gasteiger partial charge in [0.2, 0.25) is 0 Å². The Bertz CT molecular complexity index is 274. The summed E-state index contributed by atoms with van der Waals surface area (Å²) in [5.41, 5.74) is 0. The minimum absolute atomic E-state index is 0.116. The van der Waals surface area contributed by atoms with Crippen LogP contribution < -0.4 is 0 Å². The molecule has 0 spiro atoms. The van der Waals surface area contributed by atoms with Crippen LogP contribution in [-0.4, -0.2) is 5.11 Å². The monoisotopic (exact) mass is 362 g/mol. The van der Waals surface area contributed by atoms with Crippen LogP contribution in [-0.2, 0) is 0 Å². The molecule has 0 aliphatic rings. The van der Waals surface area contributed by atoms with Crippen molar-refractivity contribution in [1.29, 1.82) is 0 Å². The predicted octanol–water partition coefficient (Wildman–Crippen LogP) is 4.33. The number of phenols is 1. The van der Waals surface area contributed by atoms with Gasteiger partial charge in [-0.05, 0) is 47.8 Å². The minimum Gasteiger partial charge on any atom is -0.507 e. The average Bonchev–Trinajstić information content (AvgIpc) is 1.97. The summed E-state index contributed by atoms with van der Waals surface area (Å²) >= 11 is 15.4. The highest BCUT2D eigenvalue weighted by molar-refractivity contribution is 9.14. The largest absolute Gasteiger partial charge is 0.507 e. The van der Waals surface area contributed by atoms with Crippen LogP contribution in [0, 0.1) is 0 Å². The molecule has 0 radical (unpaired) electrons. The lowest BCUT2D eigenvalue weighted by molar-refractivity contribution is 0.471. The minimum atomic E-state index is 0.116. The summed E-state index contributed by atoms with van der Waals surface area (Å²) in [4.78, 5) is 0. The fourth-order valence-corrected chi connectivity index (χ4v) is 2.18. The molecular weight excluding hydrogens is 363 g/mol. The summed E-state index contributed by atoms with van der Waals surface area (Å²) in [5, 5.41) is 9.69. The molecule has 0 heterocycles. The van der Waals surface area contributed by atoms with Crippen molar-refractivity contribution in [3.05, 3.63) is 24.5 Å². The molecule has 60 valence electrons. The molecule has 0 aliphatic carbocycles. The van der Waals surface area contributed by atoms with Gasteiger partial charge in [-0.25, -0.2) is 0 Å². The Morgan fingerprint density at radius 3 is 2.18 bits per heavy atom. The summed E-state index contributed by atoms with van der Waals surface area (Å²) in [6, 6.07) is 1.46. The lowest BCUT2D eigenvalue weighted by atomic mass is 10.3. The first kappa shape index (κ1) is 9.84. The second kappa shape index (κ2) is 3.64. The Morgan fingerprint density at radius 1 is 1.09 bits per heavy atom. The van der Waals surface area contributed by atoms with Crippen LogP contribution in [0.25, 0.3) is 0 Å². The zero-order valence-electron chi connectivity index (χ0n) is 5.04. The molecule has 1 nitrogen and oxygen atoms in total. The lowest BCUT2D eigenvalue weighted by Crippen LogP contribution is -1.76. The van der Waals surface area contributed by atoms with E-state index in [-0.39, 0.29) is 5.75 Å². The topological polar surface area (TPSA) is 20.2 Å². The maximum atomic E-state index is 9.22. The van der Waals surface area contributed by atoms with Crippen molar-refractivity contribution in [2.24, 2.45) is 0 Å². The molecule has 0 fully saturated rings. The Balaban J connectivity index is 3.46. The third-order valence-corrected chi connectivity index (χ3v) is 5.09. The Labute approximate surface area is 94.1 Å². The first-order chi connectivity index (χ1) is 5.04. The summed E-state index contributed by atoms with van der Waals surface area (Å²) < 4.78 is 2.03. The molecule has 0 amide bonds. The Hall–Kier alpha value is 0.750. The van der Waals surface area contributed by atoms with Crippen LogP contribution in [0.4, 0.5) is 0 Å². The molecule has 1 aromatic carbocycles. The standard InChI is InChI=1S/C6H2Br3ClO/c7-4-2(10)1-3(11)5(8)6(4)9/h1,11H. The van der Waals surface area contributed by atoms with E-state index in [0.717, 1.165) is 4.47 Å². The number of rotatable bonds is 0. The number of hydrogen-bond acceptors (Lipinski definition) is 1. The highest BCUT2D eigenvalue weighted by Crippen LogP contribution is 2.41. The molecule has 0 saturated carbocycles. The lowest BCUT2D eigenvalue weighted by Gasteiger charge is -2.03. The second-order valence-corrected chi connectivity index (χ2v) is 4.61. The maximum absolute atomic E-state index is 9.22. The van der Waals surface area contributed by atoms with Gasteiger partial charge in [0.1, 0.15) is 5.75 Å². The van der Waals surface area contributed by atoms with Crippen molar-refractivity contribution in [3.8, 4) is 5.75 Å². The highest BCUT2D eigenvalue weighted by atomic mass is 79.9.